The summed E-state index contributed by atoms with van der Waals surface area (Å²) in [6.07, 6.45) is 2.32. The van der Waals surface area contributed by atoms with E-state index in [0.29, 0.717) is 0 Å². The van der Waals surface area contributed by atoms with Crippen LogP contribution in [0.4, 0.5) is 0 Å². The Morgan fingerprint density at radius 3 is 2.14 bits per heavy atom. The molecule has 0 heterocycles. The zero-order valence-corrected chi connectivity index (χ0v) is 20.3. The van der Waals surface area contributed by atoms with Crippen molar-refractivity contribution in [2.45, 2.75) is 18.7 Å². The number of aromatic hydroxyl groups is 1. The summed E-state index contributed by atoms with van der Waals surface area (Å²) >= 11 is 12.7. The van der Waals surface area contributed by atoms with Crippen molar-refractivity contribution in [2.24, 2.45) is 0 Å². The van der Waals surface area contributed by atoms with Crippen molar-refractivity contribution in [1.29, 1.82) is 0 Å². The van der Waals surface area contributed by atoms with E-state index >= 15 is 0 Å². The summed E-state index contributed by atoms with van der Waals surface area (Å²) in [5.41, 5.74) is -1.10. The Labute approximate surface area is 209 Å². The Kier molecular flexibility index (Phi) is 6.96. The van der Waals surface area contributed by atoms with E-state index in [1.54, 1.807) is 0 Å². The van der Waals surface area contributed by atoms with E-state index in [2.05, 4.69) is 0 Å². The van der Waals surface area contributed by atoms with Crippen LogP contribution in [0.5, 0.6) is 5.75 Å². The minimum absolute atomic E-state index is 0.0181. The fourth-order valence-corrected chi connectivity index (χ4v) is 5.00. The Morgan fingerprint density at radius 1 is 0.971 bits per heavy atom. The number of carboxylic acids is 2. The summed E-state index contributed by atoms with van der Waals surface area (Å²) in [7, 11) is -4.83. The SMILES string of the molecule is CC1=CC(=C(c2cc(C)c(O)c(C(=O)O)c2)c2c(Cl)ccc(S(=O)(=O)O)c2Cl)C=C(C(=O)O)C1=O. The maximum atomic E-state index is 12.4. The Hall–Kier alpha value is -3.44. The van der Waals surface area contributed by atoms with Gasteiger partial charge in [-0.05, 0) is 78.1 Å². The van der Waals surface area contributed by atoms with Gasteiger partial charge in [-0.1, -0.05) is 23.2 Å². The van der Waals surface area contributed by atoms with Gasteiger partial charge < -0.3 is 15.3 Å². The predicted molar refractivity (Wildman–Crippen MR) is 127 cm³/mol. The van der Waals surface area contributed by atoms with Gasteiger partial charge in [-0.3, -0.25) is 9.35 Å². The van der Waals surface area contributed by atoms with Crippen LogP contribution in [0, 0.1) is 6.92 Å². The lowest BCUT2D eigenvalue weighted by atomic mass is 9.85. The molecule has 0 amide bonds. The molecule has 12 heteroatoms. The topological polar surface area (TPSA) is 166 Å². The first-order valence-electron chi connectivity index (χ1n) is 9.60. The first-order chi connectivity index (χ1) is 16.1. The summed E-state index contributed by atoms with van der Waals surface area (Å²) in [6.45, 7) is 2.77. The van der Waals surface area contributed by atoms with Crippen LogP contribution in [-0.4, -0.2) is 46.0 Å². The Balaban J connectivity index is 2.59. The number of aliphatic carboxylic acids is 1. The number of Topliss-reactive ketones (excluding diaryl/α,β-unsaturated/α-hetero) is 1. The Morgan fingerprint density at radius 2 is 1.60 bits per heavy atom. The molecule has 0 saturated carbocycles. The number of carboxylic acid groups (broad SMARTS) is 2. The van der Waals surface area contributed by atoms with Crippen LogP contribution in [0.3, 0.4) is 0 Å². The van der Waals surface area contributed by atoms with Gasteiger partial charge >= 0.3 is 11.9 Å². The normalized spacial score (nSPS) is 15.4. The van der Waals surface area contributed by atoms with Crippen molar-refractivity contribution in [3.63, 3.8) is 0 Å². The molecule has 0 bridgehead atoms. The number of hydrogen-bond acceptors (Lipinski definition) is 6. The van der Waals surface area contributed by atoms with E-state index in [0.717, 1.165) is 24.3 Å². The third-order valence-corrected chi connectivity index (χ3v) is 6.91. The molecule has 4 N–H and O–H groups in total. The number of phenols is 1. The number of carbonyl (C=O) groups excluding carboxylic acids is 1. The molecule has 182 valence electrons. The summed E-state index contributed by atoms with van der Waals surface area (Å²) in [4.78, 5) is 35.1. The molecule has 0 fully saturated rings. The summed E-state index contributed by atoms with van der Waals surface area (Å²) in [5.74, 6) is -4.30. The standard InChI is InChI=1S/C23H16Cl2O9S/c1-9-5-11(7-13(20(9)26)22(28)29)17(12-6-10(2)21(27)14(8-12)23(30)31)18-15(24)3-4-16(19(18)25)35(32,33)34/h3-8,26H,1-2H3,(H,28,29)(H,30,31)(H,32,33,34). The van der Waals surface area contributed by atoms with Gasteiger partial charge in [0.15, 0.2) is 5.78 Å². The second kappa shape index (κ2) is 9.31. The minimum atomic E-state index is -4.83. The van der Waals surface area contributed by atoms with Gasteiger partial charge in [0, 0.05) is 5.56 Å². The fraction of sp³-hybridized carbons (Fsp3) is 0.0870. The molecule has 0 atom stereocenters. The largest absolute Gasteiger partial charge is 0.507 e. The van der Waals surface area contributed by atoms with Crippen molar-refractivity contribution in [3.8, 4) is 5.75 Å². The number of benzene rings is 2. The third-order valence-electron chi connectivity index (χ3n) is 5.20. The van der Waals surface area contributed by atoms with E-state index in [1.165, 1.54) is 26.0 Å². The average molecular weight is 539 g/mol. The second-order valence-corrected chi connectivity index (χ2v) is 9.73. The van der Waals surface area contributed by atoms with Crippen LogP contribution in [-0.2, 0) is 19.7 Å². The summed E-state index contributed by atoms with van der Waals surface area (Å²) in [6, 6.07) is 4.50. The number of aryl methyl sites for hydroxylation is 1. The maximum absolute atomic E-state index is 12.4. The van der Waals surface area contributed by atoms with Crippen LogP contribution in [0.2, 0.25) is 10.0 Å². The maximum Gasteiger partial charge on any atom is 0.339 e. The second-order valence-electron chi connectivity index (χ2n) is 7.55. The van der Waals surface area contributed by atoms with Crippen molar-refractivity contribution < 1.29 is 42.7 Å². The van der Waals surface area contributed by atoms with Crippen LogP contribution in [0.1, 0.15) is 34.0 Å². The highest BCUT2D eigenvalue weighted by Gasteiger charge is 2.29. The minimum Gasteiger partial charge on any atom is -0.507 e. The lowest BCUT2D eigenvalue weighted by Gasteiger charge is -2.20. The summed E-state index contributed by atoms with van der Waals surface area (Å²) < 4.78 is 33.4. The number of allylic oxidation sites excluding steroid dienone is 4. The highest BCUT2D eigenvalue weighted by atomic mass is 35.5. The molecule has 1 aliphatic carbocycles. The molecule has 1 aliphatic rings. The summed E-state index contributed by atoms with van der Waals surface area (Å²) in [5, 5.41) is 28.6. The molecule has 2 aromatic rings. The van der Waals surface area contributed by atoms with Crippen molar-refractivity contribution >= 4 is 56.6 Å². The number of halogens is 2. The number of ketones is 1. The highest BCUT2D eigenvalue weighted by Crippen LogP contribution is 2.43. The molecule has 0 spiro atoms. The fourth-order valence-electron chi connectivity index (χ4n) is 3.58. The molecule has 3 rings (SSSR count). The highest BCUT2D eigenvalue weighted by molar-refractivity contribution is 7.86. The van der Waals surface area contributed by atoms with Crippen molar-refractivity contribution in [3.05, 3.63) is 85.4 Å². The monoisotopic (exact) mass is 538 g/mol. The Bertz CT molecular complexity index is 1530. The quantitative estimate of drug-likeness (QED) is 0.320. The van der Waals surface area contributed by atoms with Crippen LogP contribution in [0.15, 0.2) is 58.0 Å². The number of hydrogen-bond donors (Lipinski definition) is 4. The first kappa shape index (κ1) is 26.2. The van der Waals surface area contributed by atoms with E-state index in [-0.39, 0.29) is 38.4 Å². The number of aromatic carboxylic acids is 1. The van der Waals surface area contributed by atoms with E-state index in [9.17, 15) is 42.7 Å². The van der Waals surface area contributed by atoms with E-state index in [4.69, 9.17) is 23.2 Å². The lowest BCUT2D eigenvalue weighted by molar-refractivity contribution is -0.134. The molecule has 2 aromatic carbocycles. The molecule has 9 nitrogen and oxygen atoms in total. The molecule has 0 unspecified atom stereocenters. The zero-order valence-electron chi connectivity index (χ0n) is 18.0. The molecular weight excluding hydrogens is 523 g/mol. The van der Waals surface area contributed by atoms with Crippen molar-refractivity contribution in [2.75, 3.05) is 0 Å². The van der Waals surface area contributed by atoms with Gasteiger partial charge in [-0.15, -0.1) is 0 Å². The van der Waals surface area contributed by atoms with Gasteiger partial charge in [0.05, 0.1) is 10.0 Å². The first-order valence-corrected chi connectivity index (χ1v) is 11.8. The smallest absolute Gasteiger partial charge is 0.339 e. The molecule has 0 saturated heterocycles. The van der Waals surface area contributed by atoms with Gasteiger partial charge in [-0.25, -0.2) is 9.59 Å². The van der Waals surface area contributed by atoms with Crippen molar-refractivity contribution in [1.82, 2.24) is 0 Å². The predicted octanol–water partition coefficient (Wildman–Crippen LogP) is 4.29. The van der Waals surface area contributed by atoms with Crippen LogP contribution >= 0.6 is 23.2 Å². The molecular formula is C23H16Cl2O9S. The molecule has 0 aromatic heterocycles. The molecule has 0 radical (unpaired) electrons. The van der Waals surface area contributed by atoms with Gasteiger partial charge in [0.2, 0.25) is 0 Å². The van der Waals surface area contributed by atoms with Gasteiger partial charge in [0.1, 0.15) is 21.8 Å². The number of carbonyl (C=O) groups is 3. The molecule has 0 aliphatic heterocycles. The molecule has 35 heavy (non-hydrogen) atoms. The zero-order chi connectivity index (χ0) is 26.4. The van der Waals surface area contributed by atoms with E-state index in [1.807, 2.05) is 0 Å². The lowest BCUT2D eigenvalue weighted by Crippen LogP contribution is -2.17. The van der Waals surface area contributed by atoms with Gasteiger partial charge in [-0.2, -0.15) is 8.42 Å². The van der Waals surface area contributed by atoms with Gasteiger partial charge in [0.25, 0.3) is 10.1 Å². The third kappa shape index (κ3) is 4.87. The van der Waals surface area contributed by atoms with Crippen LogP contribution in [0.25, 0.3) is 5.57 Å². The average Bonchev–Trinajstić information content (AvgIpc) is 2.73. The van der Waals surface area contributed by atoms with E-state index < -0.39 is 54.6 Å². The number of rotatable bonds is 5. The van der Waals surface area contributed by atoms with Crippen LogP contribution < -0.4 is 0 Å².